The lowest BCUT2D eigenvalue weighted by atomic mass is 10.0. The predicted molar refractivity (Wildman–Crippen MR) is 120 cm³/mol. The molecule has 1 saturated heterocycles. The Bertz CT molecular complexity index is 654. The highest BCUT2D eigenvalue weighted by Gasteiger charge is 2.27. The van der Waals surface area contributed by atoms with Gasteiger partial charge in [0.2, 0.25) is 0 Å². The molecule has 1 heterocycles. The number of aryl methyl sites for hydroxylation is 1. The molecule has 1 unspecified atom stereocenters. The molecular formula is C25H37N3. The minimum atomic E-state index is 0.516. The summed E-state index contributed by atoms with van der Waals surface area (Å²) in [7, 11) is 0. The lowest BCUT2D eigenvalue weighted by Gasteiger charge is -2.42. The van der Waals surface area contributed by atoms with E-state index in [1.165, 1.54) is 56.7 Å². The summed E-state index contributed by atoms with van der Waals surface area (Å²) in [5.41, 5.74) is 2.92. The van der Waals surface area contributed by atoms with Gasteiger partial charge in [0.1, 0.15) is 0 Å². The number of likely N-dealkylation sites (N-methyl/N-ethyl adjacent to an activating group) is 1. The van der Waals surface area contributed by atoms with E-state index in [1.54, 1.807) is 0 Å². The van der Waals surface area contributed by atoms with Crippen molar-refractivity contribution in [1.29, 1.82) is 0 Å². The van der Waals surface area contributed by atoms with Gasteiger partial charge in [0.05, 0.1) is 0 Å². The van der Waals surface area contributed by atoms with Crippen LogP contribution in [0.2, 0.25) is 0 Å². The summed E-state index contributed by atoms with van der Waals surface area (Å²) in [6, 6.07) is 22.5. The zero-order valence-corrected chi connectivity index (χ0v) is 17.8. The zero-order chi connectivity index (χ0) is 19.6. The molecule has 28 heavy (non-hydrogen) atoms. The Hall–Kier alpha value is -1.68. The number of rotatable bonds is 10. The highest BCUT2D eigenvalue weighted by molar-refractivity contribution is 5.20. The summed E-state index contributed by atoms with van der Waals surface area (Å²) < 4.78 is 0. The Morgan fingerprint density at radius 2 is 1.54 bits per heavy atom. The minimum Gasteiger partial charge on any atom is -0.303 e. The maximum Gasteiger partial charge on any atom is 0.0475 e. The van der Waals surface area contributed by atoms with Gasteiger partial charge in [-0.05, 0) is 43.6 Å². The number of hydrogen-bond acceptors (Lipinski definition) is 3. The van der Waals surface area contributed by atoms with E-state index in [0.717, 1.165) is 19.6 Å². The van der Waals surface area contributed by atoms with Crippen LogP contribution in [-0.4, -0.2) is 67.1 Å². The summed E-state index contributed by atoms with van der Waals surface area (Å²) >= 11 is 0. The molecule has 3 nitrogen and oxygen atoms in total. The second-order valence-electron chi connectivity index (χ2n) is 7.88. The molecule has 3 rings (SSSR count). The van der Waals surface area contributed by atoms with Crippen LogP contribution in [0.3, 0.4) is 0 Å². The van der Waals surface area contributed by atoms with Crippen LogP contribution < -0.4 is 0 Å². The maximum absolute atomic E-state index is 2.71. The van der Waals surface area contributed by atoms with Crippen molar-refractivity contribution in [1.82, 2.24) is 14.7 Å². The minimum absolute atomic E-state index is 0.516. The maximum atomic E-state index is 2.71. The van der Waals surface area contributed by atoms with E-state index < -0.39 is 0 Å². The molecule has 0 spiro atoms. The van der Waals surface area contributed by atoms with E-state index in [9.17, 15) is 0 Å². The summed E-state index contributed by atoms with van der Waals surface area (Å²) in [4.78, 5) is 7.92. The third-order valence-electron chi connectivity index (χ3n) is 6.14. The molecule has 1 fully saturated rings. The molecule has 0 saturated carbocycles. The summed E-state index contributed by atoms with van der Waals surface area (Å²) in [5.74, 6) is 0. The van der Waals surface area contributed by atoms with Crippen LogP contribution in [0, 0.1) is 0 Å². The molecule has 2 aromatic rings. The Morgan fingerprint density at radius 3 is 2.21 bits per heavy atom. The van der Waals surface area contributed by atoms with Crippen LogP contribution in [-0.2, 0) is 6.42 Å². The molecule has 2 aromatic carbocycles. The fraction of sp³-hybridized carbons (Fsp3) is 0.520. The van der Waals surface area contributed by atoms with Gasteiger partial charge < -0.3 is 4.90 Å². The van der Waals surface area contributed by atoms with E-state index >= 15 is 0 Å². The van der Waals surface area contributed by atoms with Crippen LogP contribution >= 0.6 is 0 Å². The van der Waals surface area contributed by atoms with Gasteiger partial charge in [-0.2, -0.15) is 0 Å². The predicted octanol–water partition coefficient (Wildman–Crippen LogP) is 4.32. The van der Waals surface area contributed by atoms with Gasteiger partial charge in [-0.1, -0.05) is 74.5 Å². The fourth-order valence-corrected chi connectivity index (χ4v) is 4.29. The van der Waals surface area contributed by atoms with Gasteiger partial charge in [0.25, 0.3) is 0 Å². The van der Waals surface area contributed by atoms with E-state index in [2.05, 4.69) is 89.2 Å². The Kier molecular flexibility index (Phi) is 8.53. The zero-order valence-electron chi connectivity index (χ0n) is 17.8. The molecule has 1 aliphatic heterocycles. The molecule has 0 aliphatic carbocycles. The molecule has 0 aromatic heterocycles. The Labute approximate surface area is 172 Å². The molecular weight excluding hydrogens is 342 g/mol. The smallest absolute Gasteiger partial charge is 0.0475 e. The van der Waals surface area contributed by atoms with Crippen LogP contribution in [0.25, 0.3) is 0 Å². The lowest BCUT2D eigenvalue weighted by molar-refractivity contribution is 0.0667. The van der Waals surface area contributed by atoms with Crippen molar-refractivity contribution >= 4 is 0 Å². The van der Waals surface area contributed by atoms with Crippen molar-refractivity contribution in [3.05, 3.63) is 71.8 Å². The third kappa shape index (κ3) is 6.16. The van der Waals surface area contributed by atoms with Crippen molar-refractivity contribution < 1.29 is 0 Å². The van der Waals surface area contributed by atoms with E-state index in [4.69, 9.17) is 0 Å². The largest absolute Gasteiger partial charge is 0.303 e. The van der Waals surface area contributed by atoms with E-state index in [1.807, 2.05) is 0 Å². The van der Waals surface area contributed by atoms with E-state index in [0.29, 0.717) is 6.04 Å². The first-order chi connectivity index (χ1) is 13.8. The molecule has 1 aliphatic rings. The van der Waals surface area contributed by atoms with Crippen molar-refractivity contribution in [3.8, 4) is 0 Å². The van der Waals surface area contributed by atoms with E-state index in [-0.39, 0.29) is 0 Å². The quantitative estimate of drug-likeness (QED) is 0.609. The molecule has 3 heteroatoms. The first kappa shape index (κ1) is 21.0. The number of benzene rings is 2. The SMILES string of the molecule is CCN(CC)CCN1CCN(CCCc2ccccc2)C(c2ccccc2)C1. The average Bonchev–Trinajstić information content (AvgIpc) is 2.76. The Balaban J connectivity index is 1.58. The molecule has 152 valence electrons. The van der Waals surface area contributed by atoms with Gasteiger partial charge in [-0.15, -0.1) is 0 Å². The van der Waals surface area contributed by atoms with Gasteiger partial charge in [-0.25, -0.2) is 0 Å². The van der Waals surface area contributed by atoms with Crippen molar-refractivity contribution in [2.45, 2.75) is 32.7 Å². The third-order valence-corrected chi connectivity index (χ3v) is 6.14. The average molecular weight is 380 g/mol. The second-order valence-corrected chi connectivity index (χ2v) is 7.88. The van der Waals surface area contributed by atoms with Gasteiger partial charge in [0, 0.05) is 38.8 Å². The lowest BCUT2D eigenvalue weighted by Crippen LogP contribution is -2.50. The number of piperazine rings is 1. The topological polar surface area (TPSA) is 9.72 Å². The summed E-state index contributed by atoms with van der Waals surface area (Å²) in [6.45, 7) is 13.9. The second kappa shape index (κ2) is 11.4. The van der Waals surface area contributed by atoms with Crippen LogP contribution in [0.4, 0.5) is 0 Å². The van der Waals surface area contributed by atoms with Gasteiger partial charge >= 0.3 is 0 Å². The molecule has 0 bridgehead atoms. The highest BCUT2D eigenvalue weighted by atomic mass is 15.3. The van der Waals surface area contributed by atoms with Crippen molar-refractivity contribution in [2.24, 2.45) is 0 Å². The van der Waals surface area contributed by atoms with Gasteiger partial charge in [-0.3, -0.25) is 9.80 Å². The van der Waals surface area contributed by atoms with Crippen molar-refractivity contribution in [2.75, 3.05) is 52.4 Å². The molecule has 0 amide bonds. The highest BCUT2D eigenvalue weighted by Crippen LogP contribution is 2.25. The number of hydrogen-bond donors (Lipinski definition) is 0. The molecule has 1 atom stereocenters. The summed E-state index contributed by atoms with van der Waals surface area (Å²) in [5, 5.41) is 0. The standard InChI is InChI=1S/C25H37N3/c1-3-26(4-2)18-19-27-20-21-28(17-11-14-23-12-7-5-8-13-23)25(22-27)24-15-9-6-10-16-24/h5-10,12-13,15-16,25H,3-4,11,14,17-22H2,1-2H3. The monoisotopic (exact) mass is 379 g/mol. The van der Waals surface area contributed by atoms with Crippen LogP contribution in [0.1, 0.15) is 37.4 Å². The number of nitrogens with zero attached hydrogens (tertiary/aromatic N) is 3. The van der Waals surface area contributed by atoms with Crippen LogP contribution in [0.15, 0.2) is 60.7 Å². The van der Waals surface area contributed by atoms with Crippen LogP contribution in [0.5, 0.6) is 0 Å². The Morgan fingerprint density at radius 1 is 0.857 bits per heavy atom. The van der Waals surface area contributed by atoms with Gasteiger partial charge in [0.15, 0.2) is 0 Å². The first-order valence-electron chi connectivity index (χ1n) is 11.1. The molecule has 0 N–H and O–H groups in total. The normalized spacial score (nSPS) is 18.6. The fourth-order valence-electron chi connectivity index (χ4n) is 4.29. The summed E-state index contributed by atoms with van der Waals surface area (Å²) in [6.07, 6.45) is 2.40. The van der Waals surface area contributed by atoms with Crippen molar-refractivity contribution in [3.63, 3.8) is 0 Å². The first-order valence-corrected chi connectivity index (χ1v) is 11.1. The molecule has 0 radical (unpaired) electrons.